The van der Waals surface area contributed by atoms with Crippen molar-refractivity contribution in [3.63, 3.8) is 0 Å². The molecular formula is C20H24ClN3O. The summed E-state index contributed by atoms with van der Waals surface area (Å²) < 4.78 is 7.42. The van der Waals surface area contributed by atoms with Crippen LogP contribution in [-0.4, -0.2) is 37.7 Å². The molecule has 1 heterocycles. The third-order valence-corrected chi connectivity index (χ3v) is 4.74. The average Bonchev–Trinajstić information content (AvgIpc) is 2.80. The number of rotatable bonds is 4. The van der Waals surface area contributed by atoms with Crippen LogP contribution >= 0.6 is 0 Å². The Morgan fingerprint density at radius 1 is 1.08 bits per heavy atom. The molecule has 4 nitrogen and oxygen atoms in total. The highest BCUT2D eigenvalue weighted by atomic mass is 35.5. The quantitative estimate of drug-likeness (QED) is 0.460. The highest BCUT2D eigenvalue weighted by molar-refractivity contribution is 6.33. The standard InChI is InChI=1S/C20H24N3O.ClH/c1-20(2)17-8-6-7-9-18(17)22(3)19(20)14-21-23(4)15-10-12-16(24-5)13-11-15;/h6-14H,1-5H3;1H/q+1;/p-1. The maximum atomic E-state index is 5.20. The van der Waals surface area contributed by atoms with Gasteiger partial charge in [0.1, 0.15) is 19.0 Å². The number of fused-ring (bicyclic) bond motifs is 1. The molecular weight excluding hydrogens is 334 g/mol. The normalized spacial score (nSPS) is 15.1. The molecule has 0 saturated carbocycles. The molecule has 2 aromatic carbocycles. The van der Waals surface area contributed by atoms with Crippen LogP contribution in [0.2, 0.25) is 0 Å². The van der Waals surface area contributed by atoms with Gasteiger partial charge in [0.25, 0.3) is 0 Å². The largest absolute Gasteiger partial charge is 1.00 e. The van der Waals surface area contributed by atoms with E-state index in [4.69, 9.17) is 4.74 Å². The van der Waals surface area contributed by atoms with Gasteiger partial charge in [-0.3, -0.25) is 5.01 Å². The van der Waals surface area contributed by atoms with Crippen molar-refractivity contribution in [2.45, 2.75) is 19.3 Å². The summed E-state index contributed by atoms with van der Waals surface area (Å²) in [7, 11) is 5.72. The number of ether oxygens (including phenoxy) is 1. The Morgan fingerprint density at radius 3 is 2.32 bits per heavy atom. The Hall–Kier alpha value is -2.33. The molecule has 1 aliphatic rings. The van der Waals surface area contributed by atoms with E-state index in [2.05, 4.69) is 54.8 Å². The molecule has 3 rings (SSSR count). The zero-order chi connectivity index (χ0) is 17.3. The van der Waals surface area contributed by atoms with Gasteiger partial charge in [-0.1, -0.05) is 18.2 Å². The van der Waals surface area contributed by atoms with Gasteiger partial charge in [0, 0.05) is 18.7 Å². The number of methoxy groups -OCH3 is 1. The lowest BCUT2D eigenvalue weighted by Gasteiger charge is -2.16. The van der Waals surface area contributed by atoms with Crippen LogP contribution in [0.25, 0.3) is 0 Å². The van der Waals surface area contributed by atoms with Gasteiger partial charge in [-0.2, -0.15) is 9.68 Å². The number of anilines is 1. The molecule has 0 amide bonds. The van der Waals surface area contributed by atoms with Crippen LogP contribution in [0.4, 0.5) is 11.4 Å². The van der Waals surface area contributed by atoms with Crippen LogP contribution in [0.5, 0.6) is 5.75 Å². The number of benzene rings is 2. The molecule has 0 aromatic heterocycles. The third kappa shape index (κ3) is 3.40. The van der Waals surface area contributed by atoms with Crippen molar-refractivity contribution in [1.82, 2.24) is 0 Å². The highest BCUT2D eigenvalue weighted by Crippen LogP contribution is 2.38. The van der Waals surface area contributed by atoms with Crippen LogP contribution in [0, 0.1) is 0 Å². The summed E-state index contributed by atoms with van der Waals surface area (Å²) in [6.45, 7) is 4.48. The molecule has 0 aliphatic carbocycles. The molecule has 0 fully saturated rings. The Kier molecular flexibility index (Phi) is 5.53. The summed E-state index contributed by atoms with van der Waals surface area (Å²) >= 11 is 0. The van der Waals surface area contributed by atoms with Crippen molar-refractivity contribution < 1.29 is 21.7 Å². The fraction of sp³-hybridized carbons (Fsp3) is 0.300. The topological polar surface area (TPSA) is 27.8 Å². The van der Waals surface area contributed by atoms with Gasteiger partial charge in [-0.25, -0.2) is 0 Å². The van der Waals surface area contributed by atoms with E-state index in [-0.39, 0.29) is 17.8 Å². The molecule has 5 heteroatoms. The third-order valence-electron chi connectivity index (χ3n) is 4.74. The zero-order valence-electron chi connectivity index (χ0n) is 15.3. The lowest BCUT2D eigenvalue weighted by atomic mass is 9.82. The Balaban J connectivity index is 0.00000225. The van der Waals surface area contributed by atoms with E-state index in [1.807, 2.05) is 42.5 Å². The molecule has 0 spiro atoms. The van der Waals surface area contributed by atoms with E-state index >= 15 is 0 Å². The van der Waals surface area contributed by atoms with Gasteiger partial charge >= 0.3 is 0 Å². The predicted octanol–water partition coefficient (Wildman–Crippen LogP) is 0.827. The first-order valence-electron chi connectivity index (χ1n) is 8.07. The molecule has 0 N–H and O–H groups in total. The second kappa shape index (κ2) is 7.28. The predicted molar refractivity (Wildman–Crippen MR) is 100 cm³/mol. The number of hydrogen-bond acceptors (Lipinski definition) is 3. The minimum atomic E-state index is -0.0599. The van der Waals surface area contributed by atoms with Gasteiger partial charge < -0.3 is 17.1 Å². The fourth-order valence-electron chi connectivity index (χ4n) is 3.24. The number of hydrazone groups is 1. The van der Waals surface area contributed by atoms with Crippen LogP contribution in [0.15, 0.2) is 53.6 Å². The first-order chi connectivity index (χ1) is 11.4. The minimum absolute atomic E-state index is 0. The number of hydrogen-bond donors (Lipinski definition) is 0. The monoisotopic (exact) mass is 357 g/mol. The van der Waals surface area contributed by atoms with Gasteiger partial charge in [-0.05, 0) is 38.1 Å². The smallest absolute Gasteiger partial charge is 0.212 e. The van der Waals surface area contributed by atoms with Crippen molar-refractivity contribution in [2.24, 2.45) is 5.10 Å². The molecule has 25 heavy (non-hydrogen) atoms. The SMILES string of the molecule is COc1ccc(N(C)/N=C/C2=[N+](C)c3ccccc3C2(C)C)cc1.[Cl-]. The Morgan fingerprint density at radius 2 is 1.72 bits per heavy atom. The van der Waals surface area contributed by atoms with Crippen LogP contribution in [0.1, 0.15) is 19.4 Å². The van der Waals surface area contributed by atoms with E-state index in [1.54, 1.807) is 7.11 Å². The van der Waals surface area contributed by atoms with Gasteiger partial charge in [-0.15, -0.1) is 0 Å². The molecule has 0 saturated heterocycles. The maximum absolute atomic E-state index is 5.20. The lowest BCUT2D eigenvalue weighted by Crippen LogP contribution is -3.00. The second-order valence-corrected chi connectivity index (χ2v) is 6.55. The molecule has 0 radical (unpaired) electrons. The van der Waals surface area contributed by atoms with Gasteiger partial charge in [0.05, 0.1) is 18.2 Å². The van der Waals surface area contributed by atoms with Crippen molar-refractivity contribution in [3.8, 4) is 5.75 Å². The number of nitrogens with zero attached hydrogens (tertiary/aromatic N) is 3. The van der Waals surface area contributed by atoms with Gasteiger partial charge in [0.2, 0.25) is 11.4 Å². The van der Waals surface area contributed by atoms with Crippen LogP contribution < -0.4 is 22.2 Å². The summed E-state index contributed by atoms with van der Waals surface area (Å²) in [6.07, 6.45) is 1.96. The number of para-hydroxylation sites is 1. The van der Waals surface area contributed by atoms with Crippen molar-refractivity contribution in [3.05, 3.63) is 54.1 Å². The maximum Gasteiger partial charge on any atom is 0.212 e. The van der Waals surface area contributed by atoms with Gasteiger partial charge in [0.15, 0.2) is 0 Å². The summed E-state index contributed by atoms with van der Waals surface area (Å²) in [5.41, 5.74) is 4.72. The van der Waals surface area contributed by atoms with Crippen molar-refractivity contribution >= 4 is 23.3 Å². The Labute approximate surface area is 155 Å². The van der Waals surface area contributed by atoms with E-state index in [0.717, 1.165) is 11.4 Å². The molecule has 2 aromatic rings. The molecule has 0 unspecified atom stereocenters. The van der Waals surface area contributed by atoms with E-state index in [1.165, 1.54) is 17.0 Å². The average molecular weight is 358 g/mol. The summed E-state index contributed by atoms with van der Waals surface area (Å²) in [6, 6.07) is 16.4. The molecule has 0 bridgehead atoms. The summed E-state index contributed by atoms with van der Waals surface area (Å²) in [5, 5.41) is 6.52. The molecule has 0 atom stereocenters. The summed E-state index contributed by atoms with van der Waals surface area (Å²) in [4.78, 5) is 0. The molecule has 132 valence electrons. The minimum Gasteiger partial charge on any atom is -1.00 e. The van der Waals surface area contributed by atoms with E-state index < -0.39 is 0 Å². The first-order valence-corrected chi connectivity index (χ1v) is 8.07. The fourth-order valence-corrected chi connectivity index (χ4v) is 3.24. The summed E-state index contributed by atoms with van der Waals surface area (Å²) in [5.74, 6) is 0.845. The first kappa shape index (κ1) is 19.0. The number of halogens is 1. The van der Waals surface area contributed by atoms with E-state index in [9.17, 15) is 0 Å². The molecule has 1 aliphatic heterocycles. The van der Waals surface area contributed by atoms with E-state index in [0.29, 0.717) is 0 Å². The lowest BCUT2D eigenvalue weighted by molar-refractivity contribution is -0.400. The van der Waals surface area contributed by atoms with Crippen LogP contribution in [0.3, 0.4) is 0 Å². The van der Waals surface area contributed by atoms with Crippen LogP contribution in [-0.2, 0) is 5.41 Å². The zero-order valence-corrected chi connectivity index (χ0v) is 16.1. The van der Waals surface area contributed by atoms with Crippen molar-refractivity contribution in [2.75, 3.05) is 26.2 Å². The Bertz CT molecular complexity index is 810. The second-order valence-electron chi connectivity index (χ2n) is 6.55. The highest BCUT2D eigenvalue weighted by Gasteiger charge is 2.43. The van der Waals surface area contributed by atoms with Crippen molar-refractivity contribution in [1.29, 1.82) is 0 Å².